The summed E-state index contributed by atoms with van der Waals surface area (Å²) >= 11 is 1.92. The van der Waals surface area contributed by atoms with E-state index >= 15 is 0 Å². The quantitative estimate of drug-likeness (QED) is 0.131. The maximum atomic E-state index is 2.47. The molecule has 0 N–H and O–H groups in total. The molecule has 0 fully saturated rings. The fraction of sp³-hybridized carbons (Fsp3) is 0.0417. The number of fused-ring (bicyclic) bond motifs is 13. The van der Waals surface area contributed by atoms with Gasteiger partial charge >= 0.3 is 0 Å². The Labute approximate surface area is 288 Å². The highest BCUT2D eigenvalue weighted by atomic mass is 32.1. The topological polar surface area (TPSA) is 0 Å². The monoisotopic (exact) mass is 638 g/mol. The van der Waals surface area contributed by atoms with Crippen LogP contribution in [0.1, 0.15) is 17.5 Å². The first-order chi connectivity index (χ1) is 24.3. The number of aryl methyl sites for hydroxylation is 1. The van der Waals surface area contributed by atoms with Crippen LogP contribution in [0, 0.1) is 0 Å². The van der Waals surface area contributed by atoms with Gasteiger partial charge in [-0.05, 0) is 113 Å². The molecule has 228 valence electrons. The van der Waals surface area contributed by atoms with Crippen molar-refractivity contribution in [1.82, 2.24) is 0 Å². The molecule has 0 atom stereocenters. The summed E-state index contributed by atoms with van der Waals surface area (Å²) in [6.45, 7) is 0. The van der Waals surface area contributed by atoms with Gasteiger partial charge in [0.25, 0.3) is 0 Å². The zero-order valence-electron chi connectivity index (χ0n) is 26.8. The highest BCUT2D eigenvalue weighted by molar-refractivity contribution is 7.27. The smallest absolute Gasteiger partial charge is 0.0440 e. The SMILES string of the molecule is C1=Cc2cc(-c3c4ccccc4c(-c4ccc5sc6c7ccccc7c7ccccc7c6c5c4)c4ccccc34)c3ccccc3c2CC1. The van der Waals surface area contributed by atoms with Gasteiger partial charge in [-0.3, -0.25) is 0 Å². The van der Waals surface area contributed by atoms with Crippen molar-refractivity contribution in [2.75, 3.05) is 0 Å². The van der Waals surface area contributed by atoms with Crippen LogP contribution >= 0.6 is 11.3 Å². The predicted octanol–water partition coefficient (Wildman–Crippen LogP) is 14.1. The first kappa shape index (κ1) is 27.2. The third-order valence-corrected chi connectivity index (χ3v) is 12.1. The standard InChI is InChI=1S/C48H30S/c1-2-14-31-29(13-1)27-42(35-18-4-3-15-32(31)35)46-39-22-10-8-20-37(39)45(38-21-9-11-23-40(38)46)30-25-26-44-43(28-30)47-36-19-7-5-16-33(36)34-17-6-12-24-41(34)48(47)49-44/h1,3-13,15-28H,2,14H2. The van der Waals surface area contributed by atoms with E-state index in [-0.39, 0.29) is 0 Å². The normalized spacial score (nSPS) is 13.1. The number of hydrogen-bond acceptors (Lipinski definition) is 1. The van der Waals surface area contributed by atoms with Crippen molar-refractivity contribution in [1.29, 1.82) is 0 Å². The van der Waals surface area contributed by atoms with Gasteiger partial charge in [0.1, 0.15) is 0 Å². The maximum Gasteiger partial charge on any atom is 0.0440 e. The second kappa shape index (κ2) is 10.4. The number of hydrogen-bond donors (Lipinski definition) is 0. The number of benzene rings is 9. The summed E-state index contributed by atoms with van der Waals surface area (Å²) in [7, 11) is 0. The lowest BCUT2D eigenvalue weighted by atomic mass is 9.82. The van der Waals surface area contributed by atoms with Crippen molar-refractivity contribution in [3.05, 3.63) is 163 Å². The third-order valence-electron chi connectivity index (χ3n) is 10.9. The first-order valence-electron chi connectivity index (χ1n) is 17.2. The van der Waals surface area contributed by atoms with Crippen LogP contribution in [-0.4, -0.2) is 0 Å². The van der Waals surface area contributed by atoms with E-state index in [1.165, 1.54) is 107 Å². The van der Waals surface area contributed by atoms with Gasteiger partial charge in [-0.15, -0.1) is 11.3 Å². The van der Waals surface area contributed by atoms with Gasteiger partial charge in [-0.1, -0.05) is 140 Å². The highest BCUT2D eigenvalue weighted by Crippen LogP contribution is 2.49. The van der Waals surface area contributed by atoms with Crippen LogP contribution in [0.15, 0.2) is 152 Å². The van der Waals surface area contributed by atoms with Gasteiger partial charge in [-0.25, -0.2) is 0 Å². The van der Waals surface area contributed by atoms with E-state index in [0.717, 1.165) is 12.8 Å². The van der Waals surface area contributed by atoms with Crippen LogP contribution in [0.5, 0.6) is 0 Å². The largest absolute Gasteiger partial charge is 0.135 e. The van der Waals surface area contributed by atoms with Crippen molar-refractivity contribution >= 4 is 91.4 Å². The molecule has 1 heterocycles. The molecule has 10 aromatic rings. The van der Waals surface area contributed by atoms with Crippen molar-refractivity contribution < 1.29 is 0 Å². The summed E-state index contributed by atoms with van der Waals surface area (Å²) in [5.41, 5.74) is 8.05. The van der Waals surface area contributed by atoms with Gasteiger partial charge in [-0.2, -0.15) is 0 Å². The second-order valence-electron chi connectivity index (χ2n) is 13.4. The summed E-state index contributed by atoms with van der Waals surface area (Å²) in [4.78, 5) is 0. The number of rotatable bonds is 2. The van der Waals surface area contributed by atoms with Crippen molar-refractivity contribution in [2.24, 2.45) is 0 Å². The van der Waals surface area contributed by atoms with E-state index in [1.54, 1.807) is 0 Å². The minimum atomic E-state index is 1.10. The predicted molar refractivity (Wildman–Crippen MR) is 215 cm³/mol. The fourth-order valence-electron chi connectivity index (χ4n) is 8.82. The molecule has 0 saturated heterocycles. The third kappa shape index (κ3) is 3.85. The Morgan fingerprint density at radius 2 is 0.980 bits per heavy atom. The molecule has 0 unspecified atom stereocenters. The lowest BCUT2D eigenvalue weighted by Gasteiger charge is -2.21. The van der Waals surface area contributed by atoms with Crippen LogP contribution in [0.2, 0.25) is 0 Å². The Morgan fingerprint density at radius 3 is 1.67 bits per heavy atom. The molecular formula is C48H30S. The Balaban J connectivity index is 1.26. The molecule has 0 nitrogen and oxygen atoms in total. The van der Waals surface area contributed by atoms with Gasteiger partial charge in [0.2, 0.25) is 0 Å². The molecule has 0 spiro atoms. The zero-order chi connectivity index (χ0) is 32.1. The summed E-state index contributed by atoms with van der Waals surface area (Å²) < 4.78 is 2.71. The van der Waals surface area contributed by atoms with Gasteiger partial charge in [0.05, 0.1) is 0 Å². The molecule has 1 aliphatic carbocycles. The molecule has 1 aliphatic rings. The zero-order valence-corrected chi connectivity index (χ0v) is 27.7. The maximum absolute atomic E-state index is 2.47. The highest BCUT2D eigenvalue weighted by Gasteiger charge is 2.21. The molecule has 11 rings (SSSR count). The van der Waals surface area contributed by atoms with Crippen molar-refractivity contribution in [3.8, 4) is 22.3 Å². The Kier molecular flexibility index (Phi) is 5.76. The fourth-order valence-corrected chi connectivity index (χ4v) is 10.1. The molecule has 1 aromatic heterocycles. The van der Waals surface area contributed by atoms with Crippen molar-refractivity contribution in [3.63, 3.8) is 0 Å². The molecule has 1 heteroatoms. The average molecular weight is 639 g/mol. The minimum Gasteiger partial charge on any atom is -0.135 e. The molecule has 0 bridgehead atoms. The molecule has 49 heavy (non-hydrogen) atoms. The Bertz CT molecular complexity index is 2990. The summed E-state index contributed by atoms with van der Waals surface area (Å²) in [6.07, 6.45) is 6.86. The summed E-state index contributed by atoms with van der Waals surface area (Å²) in [6, 6.07) is 54.7. The summed E-state index contributed by atoms with van der Waals surface area (Å²) in [5.74, 6) is 0. The van der Waals surface area contributed by atoms with Gasteiger partial charge in [0, 0.05) is 25.6 Å². The van der Waals surface area contributed by atoms with E-state index in [9.17, 15) is 0 Å². The van der Waals surface area contributed by atoms with E-state index in [1.807, 2.05) is 11.3 Å². The van der Waals surface area contributed by atoms with Crippen LogP contribution < -0.4 is 0 Å². The molecule has 0 amide bonds. The van der Waals surface area contributed by atoms with Crippen LogP contribution in [0.25, 0.3) is 102 Å². The van der Waals surface area contributed by atoms with Crippen molar-refractivity contribution in [2.45, 2.75) is 12.8 Å². The average Bonchev–Trinajstić information content (AvgIpc) is 3.56. The number of allylic oxidation sites excluding steroid dienone is 1. The van der Waals surface area contributed by atoms with Gasteiger partial charge < -0.3 is 0 Å². The second-order valence-corrected chi connectivity index (χ2v) is 14.5. The van der Waals surface area contributed by atoms with E-state index in [2.05, 4.69) is 158 Å². The van der Waals surface area contributed by atoms with E-state index in [4.69, 9.17) is 0 Å². The van der Waals surface area contributed by atoms with Crippen LogP contribution in [-0.2, 0) is 6.42 Å². The van der Waals surface area contributed by atoms with E-state index < -0.39 is 0 Å². The molecule has 0 radical (unpaired) electrons. The van der Waals surface area contributed by atoms with E-state index in [0.29, 0.717) is 0 Å². The lowest BCUT2D eigenvalue weighted by Crippen LogP contribution is -1.98. The molecular weight excluding hydrogens is 609 g/mol. The Hall–Kier alpha value is -5.76. The van der Waals surface area contributed by atoms with Crippen LogP contribution in [0.3, 0.4) is 0 Å². The van der Waals surface area contributed by atoms with Gasteiger partial charge in [0.15, 0.2) is 0 Å². The molecule has 0 saturated carbocycles. The Morgan fingerprint density at radius 1 is 0.429 bits per heavy atom. The number of thiophene rings is 1. The summed E-state index contributed by atoms with van der Waals surface area (Å²) in [5, 5.41) is 15.9. The minimum absolute atomic E-state index is 1.10. The first-order valence-corrected chi connectivity index (χ1v) is 18.1. The molecule has 9 aromatic carbocycles. The molecule has 0 aliphatic heterocycles. The van der Waals surface area contributed by atoms with Crippen LogP contribution in [0.4, 0.5) is 0 Å². The lowest BCUT2D eigenvalue weighted by molar-refractivity contribution is 0.997.